The van der Waals surface area contributed by atoms with Crippen LogP contribution in [0.15, 0.2) is 41.4 Å². The Morgan fingerprint density at radius 3 is 2.61 bits per heavy atom. The van der Waals surface area contributed by atoms with Crippen molar-refractivity contribution in [1.82, 2.24) is 9.36 Å². The average Bonchev–Trinajstić information content (AvgIpc) is 3.12. The molecule has 0 saturated carbocycles. The average molecular weight is 415 g/mol. The Labute approximate surface area is 174 Å². The number of nitrogens with zero attached hydrogens (tertiary/aromatic N) is 3. The topological polar surface area (TPSA) is 59.4 Å². The van der Waals surface area contributed by atoms with Gasteiger partial charge in [-0.2, -0.15) is 9.36 Å². The summed E-state index contributed by atoms with van der Waals surface area (Å²) in [6.45, 7) is 6.14. The van der Waals surface area contributed by atoms with Crippen LogP contribution in [0, 0.1) is 13.8 Å². The molecule has 0 saturated heterocycles. The highest BCUT2D eigenvalue weighted by Crippen LogP contribution is 2.31. The van der Waals surface area contributed by atoms with Crippen LogP contribution in [0.25, 0.3) is 0 Å². The number of hydrogen-bond donors (Lipinski definition) is 1. The molecular formula is C21H23ClN4OS. The van der Waals surface area contributed by atoms with Gasteiger partial charge in [0.2, 0.25) is 0 Å². The zero-order valence-corrected chi connectivity index (χ0v) is 18.0. The molecule has 0 aliphatic rings. The molecule has 0 atom stereocenters. The molecule has 0 unspecified atom stereocenters. The van der Waals surface area contributed by atoms with Crippen molar-refractivity contribution in [3.63, 3.8) is 0 Å². The summed E-state index contributed by atoms with van der Waals surface area (Å²) in [4.78, 5) is 8.76. The highest BCUT2D eigenvalue weighted by atomic mass is 35.5. The van der Waals surface area contributed by atoms with Crippen LogP contribution in [0.1, 0.15) is 35.9 Å². The molecule has 146 valence electrons. The van der Waals surface area contributed by atoms with Crippen LogP contribution in [0.4, 0.5) is 5.69 Å². The number of amidine groups is 1. The summed E-state index contributed by atoms with van der Waals surface area (Å²) in [5.41, 5.74) is 4.25. The smallest absolute Gasteiger partial charge is 0.298 e. The highest BCUT2D eigenvalue weighted by Gasteiger charge is 2.11. The van der Waals surface area contributed by atoms with Gasteiger partial charge in [-0.25, -0.2) is 0 Å². The van der Waals surface area contributed by atoms with E-state index in [2.05, 4.69) is 32.7 Å². The van der Waals surface area contributed by atoms with Crippen LogP contribution in [-0.4, -0.2) is 22.2 Å². The van der Waals surface area contributed by atoms with Gasteiger partial charge in [-0.3, -0.25) is 4.99 Å². The Balaban J connectivity index is 1.72. The minimum Gasteiger partial charge on any atom is -0.430 e. The van der Waals surface area contributed by atoms with E-state index in [4.69, 9.17) is 16.3 Å². The monoisotopic (exact) mass is 414 g/mol. The third-order valence-corrected chi connectivity index (χ3v) is 5.21. The fourth-order valence-corrected chi connectivity index (χ4v) is 3.41. The summed E-state index contributed by atoms with van der Waals surface area (Å²) in [7, 11) is 1.79. The first kappa shape index (κ1) is 20.3. The predicted octanol–water partition coefficient (Wildman–Crippen LogP) is 6.04. The number of aliphatic imine (C=N–C) groups is 1. The molecule has 3 rings (SSSR count). The molecule has 0 fully saturated rings. The fraction of sp³-hybridized carbons (Fsp3) is 0.286. The minimum absolute atomic E-state index is 0.538. The highest BCUT2D eigenvalue weighted by molar-refractivity contribution is 7.07. The molecule has 1 aromatic heterocycles. The van der Waals surface area contributed by atoms with Gasteiger partial charge in [0, 0.05) is 42.1 Å². The van der Waals surface area contributed by atoms with Gasteiger partial charge in [0.1, 0.15) is 11.6 Å². The summed E-state index contributed by atoms with van der Waals surface area (Å²) in [6.07, 6.45) is 1.50. The lowest BCUT2D eigenvalue weighted by molar-refractivity contribution is 0.473. The second-order valence-corrected chi connectivity index (χ2v) is 7.61. The summed E-state index contributed by atoms with van der Waals surface area (Å²) in [5, 5.41) is 4.63. The van der Waals surface area contributed by atoms with E-state index in [1.165, 1.54) is 11.5 Å². The molecule has 0 amide bonds. The molecule has 0 spiro atoms. The van der Waals surface area contributed by atoms with Gasteiger partial charge in [0.25, 0.3) is 5.19 Å². The van der Waals surface area contributed by atoms with E-state index in [9.17, 15) is 0 Å². The van der Waals surface area contributed by atoms with Gasteiger partial charge >= 0.3 is 0 Å². The number of rotatable bonds is 6. The Morgan fingerprint density at radius 1 is 1.18 bits per heavy atom. The number of ether oxygens (including phenoxy) is 1. The third kappa shape index (κ3) is 5.09. The van der Waals surface area contributed by atoms with Gasteiger partial charge in [-0.1, -0.05) is 30.7 Å². The molecule has 1 heterocycles. The number of aromatic nitrogens is 2. The first-order valence-electron chi connectivity index (χ1n) is 9.07. The van der Waals surface area contributed by atoms with Crippen molar-refractivity contribution in [2.75, 3.05) is 12.4 Å². The van der Waals surface area contributed by atoms with Crippen LogP contribution in [0.5, 0.6) is 10.9 Å². The third-order valence-electron chi connectivity index (χ3n) is 4.33. The largest absolute Gasteiger partial charge is 0.430 e. The van der Waals surface area contributed by atoms with E-state index < -0.39 is 0 Å². The van der Waals surface area contributed by atoms with E-state index >= 15 is 0 Å². The SMILES string of the molecule is CCC(=NC)Nc1cc(C)c(Oc2nc(Cc3ccc(Cl)cc3)ns2)cc1C. The maximum Gasteiger partial charge on any atom is 0.298 e. The first-order valence-corrected chi connectivity index (χ1v) is 10.2. The molecule has 7 heteroatoms. The van der Waals surface area contributed by atoms with Gasteiger partial charge in [-0.15, -0.1) is 0 Å². The lowest BCUT2D eigenvalue weighted by Gasteiger charge is -2.14. The lowest BCUT2D eigenvalue weighted by Crippen LogP contribution is -2.11. The van der Waals surface area contributed by atoms with Crippen LogP contribution in [-0.2, 0) is 6.42 Å². The van der Waals surface area contributed by atoms with E-state index in [0.717, 1.165) is 51.2 Å². The van der Waals surface area contributed by atoms with Gasteiger partial charge in [0.05, 0.1) is 0 Å². The van der Waals surface area contributed by atoms with Crippen molar-refractivity contribution in [2.24, 2.45) is 4.99 Å². The maximum atomic E-state index is 6.01. The van der Waals surface area contributed by atoms with E-state index in [-0.39, 0.29) is 0 Å². The molecular weight excluding hydrogens is 392 g/mol. The molecule has 0 bridgehead atoms. The summed E-state index contributed by atoms with van der Waals surface area (Å²) in [5.74, 6) is 2.47. The molecule has 1 N–H and O–H groups in total. The van der Waals surface area contributed by atoms with E-state index in [1.54, 1.807) is 7.05 Å². The molecule has 2 aromatic carbocycles. The molecule has 28 heavy (non-hydrogen) atoms. The summed E-state index contributed by atoms with van der Waals surface area (Å²) >= 11 is 7.19. The van der Waals surface area contributed by atoms with Gasteiger partial charge in [0.15, 0.2) is 5.82 Å². The Morgan fingerprint density at radius 2 is 1.93 bits per heavy atom. The minimum atomic E-state index is 0.538. The molecule has 0 radical (unpaired) electrons. The van der Waals surface area contributed by atoms with Crippen molar-refractivity contribution in [1.29, 1.82) is 0 Å². The second-order valence-electron chi connectivity index (χ2n) is 6.46. The number of halogens is 1. The van der Waals surface area contributed by atoms with Crippen LogP contribution in [0.3, 0.4) is 0 Å². The molecule has 0 aliphatic heterocycles. The van der Waals surface area contributed by atoms with Crippen molar-refractivity contribution < 1.29 is 4.74 Å². The lowest BCUT2D eigenvalue weighted by atomic mass is 10.1. The fourth-order valence-electron chi connectivity index (χ4n) is 2.72. The zero-order valence-electron chi connectivity index (χ0n) is 16.4. The molecule has 5 nitrogen and oxygen atoms in total. The number of nitrogens with one attached hydrogen (secondary N) is 1. The van der Waals surface area contributed by atoms with Gasteiger partial charge in [-0.05, 0) is 54.8 Å². The van der Waals surface area contributed by atoms with Crippen molar-refractivity contribution in [3.05, 3.63) is 63.9 Å². The predicted molar refractivity (Wildman–Crippen MR) is 117 cm³/mol. The maximum absolute atomic E-state index is 6.01. The van der Waals surface area contributed by atoms with E-state index in [0.29, 0.717) is 11.6 Å². The van der Waals surface area contributed by atoms with Crippen molar-refractivity contribution in [3.8, 4) is 10.9 Å². The van der Waals surface area contributed by atoms with Crippen molar-refractivity contribution >= 4 is 34.7 Å². The molecule has 0 aliphatic carbocycles. The summed E-state index contributed by atoms with van der Waals surface area (Å²) in [6, 6.07) is 11.8. The number of anilines is 1. The number of benzene rings is 2. The normalized spacial score (nSPS) is 11.5. The van der Waals surface area contributed by atoms with Crippen LogP contribution < -0.4 is 10.1 Å². The Kier molecular flexibility index (Phi) is 6.65. The standard InChI is InChI=1S/C21H23ClN4OS/c1-5-19(23-4)24-17-10-14(3)18(11-13(17)2)27-21-25-20(26-28-21)12-15-6-8-16(22)9-7-15/h6-11H,5,12H2,1-4H3,(H,23,24). The van der Waals surface area contributed by atoms with Gasteiger partial charge < -0.3 is 10.1 Å². The number of aryl methyl sites for hydroxylation is 2. The number of hydrogen-bond acceptors (Lipinski definition) is 5. The Hall–Kier alpha value is -2.44. The van der Waals surface area contributed by atoms with Crippen LogP contribution >= 0.6 is 23.1 Å². The quantitative estimate of drug-likeness (QED) is 0.394. The van der Waals surface area contributed by atoms with Crippen LogP contribution in [0.2, 0.25) is 5.02 Å². The first-order chi connectivity index (χ1) is 13.5. The van der Waals surface area contributed by atoms with Crippen molar-refractivity contribution in [2.45, 2.75) is 33.6 Å². The Bertz CT molecular complexity index is 983. The van der Waals surface area contributed by atoms with E-state index in [1.807, 2.05) is 44.2 Å². The molecule has 3 aromatic rings. The second kappa shape index (κ2) is 9.17. The zero-order chi connectivity index (χ0) is 20.1. The summed E-state index contributed by atoms with van der Waals surface area (Å²) < 4.78 is 10.4.